The van der Waals surface area contributed by atoms with Gasteiger partial charge in [0.25, 0.3) is 10.0 Å². The number of halogens is 4. The van der Waals surface area contributed by atoms with Crippen LogP contribution in [0.4, 0.5) is 15.9 Å². The van der Waals surface area contributed by atoms with Crippen LogP contribution in [0.15, 0.2) is 52.2 Å². The van der Waals surface area contributed by atoms with Crippen molar-refractivity contribution in [3.63, 3.8) is 0 Å². The van der Waals surface area contributed by atoms with E-state index in [1.807, 2.05) is 0 Å². The first-order chi connectivity index (χ1) is 14.6. The third kappa shape index (κ3) is 3.84. The van der Waals surface area contributed by atoms with Gasteiger partial charge in [0, 0.05) is 33.9 Å². The summed E-state index contributed by atoms with van der Waals surface area (Å²) < 4.78 is 45.5. The van der Waals surface area contributed by atoms with Crippen LogP contribution in [0.3, 0.4) is 0 Å². The van der Waals surface area contributed by atoms with Crippen LogP contribution in [0.2, 0.25) is 10.0 Å². The van der Waals surface area contributed by atoms with Crippen LogP contribution in [-0.4, -0.2) is 23.0 Å². The summed E-state index contributed by atoms with van der Waals surface area (Å²) in [6.07, 6.45) is 2.96. The van der Waals surface area contributed by atoms with Crippen LogP contribution < -0.4 is 10.5 Å². The van der Waals surface area contributed by atoms with E-state index in [0.717, 1.165) is 0 Å². The third-order valence-electron chi connectivity index (χ3n) is 4.57. The lowest BCUT2D eigenvalue weighted by atomic mass is 10.0. The standard InChI is InChI=1S/C19H13BrCl2FN5O2S/c1-28-7-11(15-18(24)25-8-26-19(15)28)10-3-2-4-13(17(10)23)27-31(29,30)14-6-9(21)5-12(20)16(14)22/h2-8,27H,1H3,(H2,24,25,26). The molecule has 0 bridgehead atoms. The molecule has 0 saturated carbocycles. The first-order valence-corrected chi connectivity index (χ1v) is 11.6. The number of aryl methyl sites for hydroxylation is 1. The minimum atomic E-state index is -4.25. The molecule has 0 unspecified atom stereocenters. The zero-order valence-electron chi connectivity index (χ0n) is 15.7. The van der Waals surface area contributed by atoms with Gasteiger partial charge in [-0.15, -0.1) is 0 Å². The Balaban J connectivity index is 1.84. The van der Waals surface area contributed by atoms with Gasteiger partial charge in [-0.25, -0.2) is 22.8 Å². The maximum absolute atomic E-state index is 15.4. The highest BCUT2D eigenvalue weighted by atomic mass is 79.9. The van der Waals surface area contributed by atoms with Crippen molar-refractivity contribution >= 4 is 71.7 Å². The fourth-order valence-electron chi connectivity index (χ4n) is 3.19. The molecule has 2 aromatic heterocycles. The molecule has 2 heterocycles. The van der Waals surface area contributed by atoms with Crippen molar-refractivity contribution in [2.75, 3.05) is 10.5 Å². The van der Waals surface area contributed by atoms with E-state index in [1.54, 1.807) is 17.8 Å². The van der Waals surface area contributed by atoms with Gasteiger partial charge in [0.15, 0.2) is 5.82 Å². The predicted molar refractivity (Wildman–Crippen MR) is 123 cm³/mol. The molecule has 0 aliphatic heterocycles. The Kier molecular flexibility index (Phi) is 5.59. The fourth-order valence-corrected chi connectivity index (χ4v) is 5.79. The van der Waals surface area contributed by atoms with Crippen LogP contribution in [0.5, 0.6) is 0 Å². The lowest BCUT2D eigenvalue weighted by Crippen LogP contribution is -2.15. The molecular formula is C19H13BrCl2FN5O2S. The number of anilines is 2. The highest BCUT2D eigenvalue weighted by Gasteiger charge is 2.24. The lowest BCUT2D eigenvalue weighted by Gasteiger charge is -2.13. The topological polar surface area (TPSA) is 103 Å². The average Bonchev–Trinajstić information content (AvgIpc) is 3.04. The summed E-state index contributed by atoms with van der Waals surface area (Å²) in [7, 11) is -2.51. The molecule has 4 rings (SSSR count). The molecule has 0 aliphatic carbocycles. The fraction of sp³-hybridized carbons (Fsp3) is 0.0526. The quantitative estimate of drug-likeness (QED) is 0.342. The van der Waals surface area contributed by atoms with Gasteiger partial charge in [0.2, 0.25) is 0 Å². The highest BCUT2D eigenvalue weighted by Crippen LogP contribution is 2.37. The zero-order chi connectivity index (χ0) is 22.5. The van der Waals surface area contributed by atoms with Gasteiger partial charge in [0.05, 0.1) is 16.1 Å². The summed E-state index contributed by atoms with van der Waals surface area (Å²) in [4.78, 5) is 7.85. The van der Waals surface area contributed by atoms with Gasteiger partial charge in [-0.1, -0.05) is 35.3 Å². The number of nitrogens with zero attached hydrogens (tertiary/aromatic N) is 3. The van der Waals surface area contributed by atoms with Gasteiger partial charge in [-0.3, -0.25) is 4.72 Å². The van der Waals surface area contributed by atoms with Crippen LogP contribution in [0.1, 0.15) is 0 Å². The number of hydrogen-bond donors (Lipinski definition) is 2. The number of sulfonamides is 1. The lowest BCUT2D eigenvalue weighted by molar-refractivity contribution is 0.599. The molecular weight excluding hydrogens is 532 g/mol. The smallest absolute Gasteiger partial charge is 0.263 e. The molecule has 160 valence electrons. The molecule has 0 saturated heterocycles. The number of nitrogens with two attached hydrogens (primary N) is 1. The molecule has 12 heteroatoms. The number of hydrogen-bond acceptors (Lipinski definition) is 5. The van der Waals surface area contributed by atoms with Crippen molar-refractivity contribution in [1.29, 1.82) is 0 Å². The van der Waals surface area contributed by atoms with E-state index < -0.39 is 15.8 Å². The van der Waals surface area contributed by atoms with Crippen LogP contribution in [-0.2, 0) is 17.1 Å². The summed E-state index contributed by atoms with van der Waals surface area (Å²) in [5.74, 6) is -0.611. The highest BCUT2D eigenvalue weighted by molar-refractivity contribution is 9.10. The molecule has 0 fully saturated rings. The maximum atomic E-state index is 15.4. The van der Waals surface area contributed by atoms with Crippen molar-refractivity contribution < 1.29 is 12.8 Å². The molecule has 0 aliphatic rings. The summed E-state index contributed by atoms with van der Waals surface area (Å²) in [6.45, 7) is 0. The monoisotopic (exact) mass is 543 g/mol. The Morgan fingerprint density at radius 2 is 1.94 bits per heavy atom. The average molecular weight is 545 g/mol. The molecule has 2 aromatic carbocycles. The van der Waals surface area contributed by atoms with Crippen molar-refractivity contribution in [3.05, 3.63) is 63.2 Å². The van der Waals surface area contributed by atoms with Crippen LogP contribution in [0, 0.1) is 5.82 Å². The van der Waals surface area contributed by atoms with Crippen molar-refractivity contribution in [1.82, 2.24) is 14.5 Å². The van der Waals surface area contributed by atoms with Gasteiger partial charge in [-0.2, -0.15) is 0 Å². The molecule has 4 aromatic rings. The maximum Gasteiger partial charge on any atom is 0.263 e. The zero-order valence-corrected chi connectivity index (χ0v) is 19.6. The number of rotatable bonds is 4. The van der Waals surface area contributed by atoms with E-state index in [0.29, 0.717) is 21.1 Å². The van der Waals surface area contributed by atoms with E-state index >= 15 is 4.39 Å². The molecule has 0 radical (unpaired) electrons. The van der Waals surface area contributed by atoms with E-state index in [9.17, 15) is 8.42 Å². The number of nitrogen functional groups attached to an aromatic ring is 1. The number of fused-ring (bicyclic) bond motifs is 1. The normalized spacial score (nSPS) is 11.8. The van der Waals surface area contributed by atoms with Crippen LogP contribution in [0.25, 0.3) is 22.2 Å². The Morgan fingerprint density at radius 3 is 2.68 bits per heavy atom. The summed E-state index contributed by atoms with van der Waals surface area (Å²) in [5.41, 5.74) is 6.80. The second kappa shape index (κ2) is 7.94. The van der Waals surface area contributed by atoms with Crippen molar-refractivity contribution in [2.45, 2.75) is 4.90 Å². The van der Waals surface area contributed by atoms with Gasteiger partial charge in [0.1, 0.15) is 22.7 Å². The molecule has 0 amide bonds. The molecule has 31 heavy (non-hydrogen) atoms. The Hall–Kier alpha value is -2.40. The second-order valence-corrected chi connectivity index (χ2v) is 9.90. The number of aromatic nitrogens is 3. The first-order valence-electron chi connectivity index (χ1n) is 8.62. The summed E-state index contributed by atoms with van der Waals surface area (Å²) in [5, 5.41) is 0.537. The SMILES string of the molecule is Cn1cc(-c2cccc(NS(=O)(=O)c3cc(Cl)cc(Br)c3Cl)c2F)c2c(N)ncnc21. The number of nitrogens with one attached hydrogen (secondary N) is 1. The number of benzene rings is 2. The van der Waals surface area contributed by atoms with Gasteiger partial charge >= 0.3 is 0 Å². The van der Waals surface area contributed by atoms with E-state index in [-0.39, 0.29) is 32.0 Å². The molecule has 7 nitrogen and oxygen atoms in total. The predicted octanol–water partition coefficient (Wildman–Crippen LogP) is 5.23. The molecule has 0 atom stereocenters. The summed E-state index contributed by atoms with van der Waals surface area (Å²) in [6, 6.07) is 6.97. The minimum absolute atomic E-state index is 0.0764. The first kappa shape index (κ1) is 21.8. The second-order valence-electron chi connectivity index (χ2n) is 6.58. The largest absolute Gasteiger partial charge is 0.383 e. The summed E-state index contributed by atoms with van der Waals surface area (Å²) >= 11 is 15.2. The van der Waals surface area contributed by atoms with Crippen molar-refractivity contribution in [2.24, 2.45) is 7.05 Å². The van der Waals surface area contributed by atoms with E-state index in [1.165, 1.54) is 36.7 Å². The van der Waals surface area contributed by atoms with E-state index in [2.05, 4.69) is 30.6 Å². The Bertz CT molecular complexity index is 1460. The third-order valence-corrected chi connectivity index (χ3v) is 7.55. The minimum Gasteiger partial charge on any atom is -0.383 e. The van der Waals surface area contributed by atoms with Gasteiger partial charge < -0.3 is 10.3 Å². The van der Waals surface area contributed by atoms with E-state index in [4.69, 9.17) is 28.9 Å². The molecule has 0 spiro atoms. The van der Waals surface area contributed by atoms with Crippen molar-refractivity contribution in [3.8, 4) is 11.1 Å². The molecule has 3 N–H and O–H groups in total. The Labute approximate surface area is 195 Å². The Morgan fingerprint density at radius 1 is 1.19 bits per heavy atom. The van der Waals surface area contributed by atoms with Gasteiger partial charge in [-0.05, 0) is 34.1 Å². The van der Waals surface area contributed by atoms with Crippen LogP contribution >= 0.6 is 39.1 Å².